The van der Waals surface area contributed by atoms with E-state index in [-0.39, 0.29) is 0 Å². The molecule has 68 valence electrons. The molecule has 0 saturated heterocycles. The molecule has 0 aliphatic carbocycles. The summed E-state index contributed by atoms with van der Waals surface area (Å²) in [4.78, 5) is 0. The van der Waals surface area contributed by atoms with Gasteiger partial charge in [-0.2, -0.15) is 0 Å². The van der Waals surface area contributed by atoms with Gasteiger partial charge in [0.05, 0.1) is 0 Å². The maximum absolute atomic E-state index is 8.47. The maximum Gasteiger partial charge on any atom is 0.0488 e. The van der Waals surface area contributed by atoms with Crippen LogP contribution in [0, 0.1) is 5.92 Å². The number of unbranched alkanes of at least 4 members (excludes halogenated alkanes) is 2. The number of rotatable bonds is 7. The van der Waals surface area contributed by atoms with Crippen molar-refractivity contribution in [3.05, 3.63) is 0 Å². The predicted octanol–water partition coefficient (Wildman–Crippen LogP) is 1.82. The molecule has 2 nitrogen and oxygen atoms in total. The number of aliphatic hydroxyl groups is 1. The molecule has 0 aromatic rings. The van der Waals surface area contributed by atoms with E-state index >= 15 is 0 Å². The molecule has 0 aromatic carbocycles. The van der Waals surface area contributed by atoms with E-state index in [4.69, 9.17) is 9.84 Å². The third-order valence-electron chi connectivity index (χ3n) is 1.40. The average molecular weight is 160 g/mol. The molecule has 0 bridgehead atoms. The van der Waals surface area contributed by atoms with E-state index in [1.807, 2.05) is 0 Å². The molecule has 0 saturated carbocycles. The van der Waals surface area contributed by atoms with Crippen molar-refractivity contribution in [2.45, 2.75) is 33.1 Å². The molecule has 0 heterocycles. The first-order valence-electron chi connectivity index (χ1n) is 4.46. The second-order valence-electron chi connectivity index (χ2n) is 3.25. The van der Waals surface area contributed by atoms with Crippen LogP contribution >= 0.6 is 0 Å². The molecular formula is C9H20O2. The van der Waals surface area contributed by atoms with Gasteiger partial charge in [0.2, 0.25) is 0 Å². The molecule has 0 atom stereocenters. The Kier molecular flexibility index (Phi) is 7.96. The molecule has 0 aliphatic rings. The van der Waals surface area contributed by atoms with E-state index in [1.54, 1.807) is 0 Å². The van der Waals surface area contributed by atoms with Crippen LogP contribution in [0.3, 0.4) is 0 Å². The summed E-state index contributed by atoms with van der Waals surface area (Å²) < 4.78 is 5.36. The van der Waals surface area contributed by atoms with Gasteiger partial charge in [0.15, 0.2) is 0 Å². The van der Waals surface area contributed by atoms with Crippen LogP contribution in [0.15, 0.2) is 0 Å². The van der Waals surface area contributed by atoms with Crippen LogP contribution in [-0.4, -0.2) is 24.9 Å². The summed E-state index contributed by atoms with van der Waals surface area (Å²) in [5.74, 6) is 0.632. The Morgan fingerprint density at radius 2 is 1.91 bits per heavy atom. The van der Waals surface area contributed by atoms with Gasteiger partial charge < -0.3 is 9.84 Å². The zero-order chi connectivity index (χ0) is 8.53. The van der Waals surface area contributed by atoms with Gasteiger partial charge in [0, 0.05) is 19.8 Å². The zero-order valence-electron chi connectivity index (χ0n) is 7.68. The quantitative estimate of drug-likeness (QED) is 0.576. The van der Waals surface area contributed by atoms with Crippen LogP contribution in [0.1, 0.15) is 33.1 Å². The van der Waals surface area contributed by atoms with Crippen molar-refractivity contribution in [1.29, 1.82) is 0 Å². The monoisotopic (exact) mass is 160 g/mol. The number of hydrogen-bond acceptors (Lipinski definition) is 2. The van der Waals surface area contributed by atoms with Crippen LogP contribution in [0.4, 0.5) is 0 Å². The molecule has 1 N–H and O–H groups in total. The van der Waals surface area contributed by atoms with E-state index in [9.17, 15) is 0 Å². The molecule has 0 unspecified atom stereocenters. The standard InChI is InChI=1S/C9H20O2/c1-9(2)8-11-7-5-3-4-6-10/h9-10H,3-8H2,1-2H3. The second kappa shape index (κ2) is 8.02. The Labute approximate surface area is 69.6 Å². The molecule has 0 radical (unpaired) electrons. The van der Waals surface area contributed by atoms with Gasteiger partial charge in [0.1, 0.15) is 0 Å². The van der Waals surface area contributed by atoms with Crippen LogP contribution in [0.25, 0.3) is 0 Å². The van der Waals surface area contributed by atoms with Crippen molar-refractivity contribution >= 4 is 0 Å². The molecule has 0 rings (SSSR count). The van der Waals surface area contributed by atoms with Gasteiger partial charge in [-0.25, -0.2) is 0 Å². The van der Waals surface area contributed by atoms with Gasteiger partial charge in [-0.15, -0.1) is 0 Å². The average Bonchev–Trinajstić information content (AvgIpc) is 1.96. The fourth-order valence-electron chi connectivity index (χ4n) is 0.812. The van der Waals surface area contributed by atoms with Gasteiger partial charge >= 0.3 is 0 Å². The van der Waals surface area contributed by atoms with Crippen LogP contribution in [0.5, 0.6) is 0 Å². The van der Waals surface area contributed by atoms with Crippen molar-refractivity contribution in [1.82, 2.24) is 0 Å². The number of aliphatic hydroxyl groups excluding tert-OH is 1. The van der Waals surface area contributed by atoms with Crippen molar-refractivity contribution in [3.8, 4) is 0 Å². The summed E-state index contributed by atoms with van der Waals surface area (Å²) >= 11 is 0. The van der Waals surface area contributed by atoms with Gasteiger partial charge in [-0.3, -0.25) is 0 Å². The second-order valence-corrected chi connectivity index (χ2v) is 3.25. The van der Waals surface area contributed by atoms with E-state index in [1.165, 1.54) is 0 Å². The highest BCUT2D eigenvalue weighted by atomic mass is 16.5. The molecule has 2 heteroatoms. The van der Waals surface area contributed by atoms with Crippen LogP contribution in [-0.2, 0) is 4.74 Å². The predicted molar refractivity (Wildman–Crippen MR) is 46.6 cm³/mol. The Morgan fingerprint density at radius 3 is 2.45 bits per heavy atom. The normalized spacial score (nSPS) is 10.9. The third kappa shape index (κ3) is 9.92. The molecule has 0 aliphatic heterocycles. The summed E-state index contributed by atoms with van der Waals surface area (Å²) in [7, 11) is 0. The van der Waals surface area contributed by atoms with Gasteiger partial charge in [0.25, 0.3) is 0 Å². The highest BCUT2D eigenvalue weighted by Crippen LogP contribution is 1.97. The number of ether oxygens (including phenoxy) is 1. The minimum Gasteiger partial charge on any atom is -0.396 e. The number of hydrogen-bond donors (Lipinski definition) is 1. The summed E-state index contributed by atoms with van der Waals surface area (Å²) in [6.45, 7) is 6.31. The largest absolute Gasteiger partial charge is 0.396 e. The van der Waals surface area contributed by atoms with Crippen LogP contribution in [0.2, 0.25) is 0 Å². The molecule has 0 amide bonds. The summed E-state index contributed by atoms with van der Waals surface area (Å²) in [6, 6.07) is 0. The Morgan fingerprint density at radius 1 is 1.18 bits per heavy atom. The Balaban J connectivity index is 2.80. The SMILES string of the molecule is CC(C)COCCCCCO. The molecule has 0 fully saturated rings. The smallest absolute Gasteiger partial charge is 0.0488 e. The van der Waals surface area contributed by atoms with Gasteiger partial charge in [-0.05, 0) is 25.2 Å². The molecule has 11 heavy (non-hydrogen) atoms. The minimum absolute atomic E-state index is 0.310. The summed E-state index contributed by atoms with van der Waals surface area (Å²) in [6.07, 6.45) is 3.06. The first kappa shape index (κ1) is 10.9. The highest BCUT2D eigenvalue weighted by Gasteiger charge is 1.93. The fourth-order valence-corrected chi connectivity index (χ4v) is 0.812. The first-order chi connectivity index (χ1) is 5.27. The summed E-state index contributed by atoms with van der Waals surface area (Å²) in [5, 5.41) is 8.47. The van der Waals surface area contributed by atoms with E-state index in [0.29, 0.717) is 12.5 Å². The molecular weight excluding hydrogens is 140 g/mol. The van der Waals surface area contributed by atoms with Gasteiger partial charge in [-0.1, -0.05) is 13.8 Å². The first-order valence-corrected chi connectivity index (χ1v) is 4.46. The van der Waals surface area contributed by atoms with Crippen molar-refractivity contribution in [3.63, 3.8) is 0 Å². The fraction of sp³-hybridized carbons (Fsp3) is 1.00. The van der Waals surface area contributed by atoms with Crippen molar-refractivity contribution in [2.24, 2.45) is 5.92 Å². The van der Waals surface area contributed by atoms with Crippen molar-refractivity contribution < 1.29 is 9.84 Å². The lowest BCUT2D eigenvalue weighted by Crippen LogP contribution is -2.03. The minimum atomic E-state index is 0.310. The summed E-state index contributed by atoms with van der Waals surface area (Å²) in [5.41, 5.74) is 0. The van der Waals surface area contributed by atoms with E-state index < -0.39 is 0 Å². The lowest BCUT2D eigenvalue weighted by Gasteiger charge is -2.05. The van der Waals surface area contributed by atoms with Crippen molar-refractivity contribution in [2.75, 3.05) is 19.8 Å². The lowest BCUT2D eigenvalue weighted by atomic mass is 10.2. The highest BCUT2D eigenvalue weighted by molar-refractivity contribution is 4.42. The van der Waals surface area contributed by atoms with E-state index in [2.05, 4.69) is 13.8 Å². The van der Waals surface area contributed by atoms with E-state index in [0.717, 1.165) is 32.5 Å². The molecule has 0 aromatic heterocycles. The topological polar surface area (TPSA) is 29.5 Å². The Hall–Kier alpha value is -0.0800. The lowest BCUT2D eigenvalue weighted by molar-refractivity contribution is 0.105. The molecule has 0 spiro atoms. The van der Waals surface area contributed by atoms with Crippen LogP contribution < -0.4 is 0 Å². The third-order valence-corrected chi connectivity index (χ3v) is 1.40. The maximum atomic E-state index is 8.47. The Bertz CT molecular complexity index is 72.0. The zero-order valence-corrected chi connectivity index (χ0v) is 7.68.